The Labute approximate surface area is 109 Å². The summed E-state index contributed by atoms with van der Waals surface area (Å²) in [6.45, 7) is 6.74. The van der Waals surface area contributed by atoms with E-state index in [4.69, 9.17) is 4.74 Å². The molecule has 1 aromatic carbocycles. The van der Waals surface area contributed by atoms with Gasteiger partial charge < -0.3 is 14.7 Å². The van der Waals surface area contributed by atoms with Crippen LogP contribution in [-0.4, -0.2) is 30.9 Å². The van der Waals surface area contributed by atoms with E-state index in [1.54, 1.807) is 0 Å². The molecule has 1 aliphatic heterocycles. The average molecular weight is 249 g/mol. The van der Waals surface area contributed by atoms with Gasteiger partial charge in [0, 0.05) is 24.3 Å². The first kappa shape index (κ1) is 13.4. The van der Waals surface area contributed by atoms with Crippen LogP contribution in [0.2, 0.25) is 0 Å². The molecule has 0 fully saturated rings. The summed E-state index contributed by atoms with van der Waals surface area (Å²) >= 11 is 0. The summed E-state index contributed by atoms with van der Waals surface area (Å²) in [6, 6.07) is 8.16. The molecule has 1 heterocycles. The molecule has 100 valence electrons. The zero-order valence-corrected chi connectivity index (χ0v) is 11.3. The van der Waals surface area contributed by atoms with E-state index in [1.165, 1.54) is 0 Å². The number of nitrogens with zero attached hydrogens (tertiary/aromatic N) is 1. The smallest absolute Gasteiger partial charge is 0.0810 e. The van der Waals surface area contributed by atoms with Gasteiger partial charge in [0.05, 0.1) is 18.8 Å². The van der Waals surface area contributed by atoms with E-state index in [9.17, 15) is 5.11 Å². The Kier molecular flexibility index (Phi) is 4.61. The minimum atomic E-state index is -0.322. The molecule has 0 amide bonds. The fourth-order valence-corrected chi connectivity index (χ4v) is 2.44. The standard InChI is InChI=1S/C15H23NO2/c1-12(2)18-11-10-16-9-5-8-15(17)13-6-3-4-7-14(13)16/h3-4,6-7,12,15,17H,5,8-11H2,1-2H3. The lowest BCUT2D eigenvalue weighted by Crippen LogP contribution is -2.29. The van der Waals surface area contributed by atoms with Gasteiger partial charge in [-0.15, -0.1) is 0 Å². The van der Waals surface area contributed by atoms with Gasteiger partial charge in [-0.05, 0) is 32.8 Å². The number of aliphatic hydroxyl groups excluding tert-OH is 1. The van der Waals surface area contributed by atoms with Gasteiger partial charge in [0.15, 0.2) is 0 Å². The Bertz CT molecular complexity index is 379. The maximum absolute atomic E-state index is 10.1. The van der Waals surface area contributed by atoms with E-state index in [-0.39, 0.29) is 12.2 Å². The van der Waals surface area contributed by atoms with E-state index < -0.39 is 0 Å². The van der Waals surface area contributed by atoms with Crippen LogP contribution in [0.4, 0.5) is 5.69 Å². The van der Waals surface area contributed by atoms with Gasteiger partial charge in [0.2, 0.25) is 0 Å². The molecule has 1 aliphatic rings. The summed E-state index contributed by atoms with van der Waals surface area (Å²) in [4.78, 5) is 2.33. The first-order chi connectivity index (χ1) is 8.68. The Morgan fingerprint density at radius 3 is 2.94 bits per heavy atom. The van der Waals surface area contributed by atoms with Crippen LogP contribution in [0.1, 0.15) is 38.4 Å². The van der Waals surface area contributed by atoms with E-state index in [1.807, 2.05) is 18.2 Å². The van der Waals surface area contributed by atoms with Crippen LogP contribution in [0.25, 0.3) is 0 Å². The second kappa shape index (κ2) is 6.21. The number of anilines is 1. The molecule has 1 unspecified atom stereocenters. The summed E-state index contributed by atoms with van der Waals surface area (Å²) in [6.07, 6.45) is 1.82. The van der Waals surface area contributed by atoms with Crippen LogP contribution in [0.15, 0.2) is 24.3 Å². The Morgan fingerprint density at radius 1 is 1.39 bits per heavy atom. The third-order valence-electron chi connectivity index (χ3n) is 3.35. The molecule has 3 heteroatoms. The highest BCUT2D eigenvalue weighted by Crippen LogP contribution is 2.32. The number of hydrogen-bond acceptors (Lipinski definition) is 3. The molecule has 0 saturated heterocycles. The zero-order chi connectivity index (χ0) is 13.0. The maximum Gasteiger partial charge on any atom is 0.0810 e. The van der Waals surface area contributed by atoms with Crippen LogP contribution in [0.5, 0.6) is 0 Å². The number of benzene rings is 1. The molecule has 0 saturated carbocycles. The zero-order valence-electron chi connectivity index (χ0n) is 11.3. The minimum absolute atomic E-state index is 0.276. The van der Waals surface area contributed by atoms with Crippen molar-refractivity contribution in [3.63, 3.8) is 0 Å². The molecular formula is C15H23NO2. The highest BCUT2D eigenvalue weighted by molar-refractivity contribution is 5.55. The van der Waals surface area contributed by atoms with Crippen molar-refractivity contribution in [2.24, 2.45) is 0 Å². The van der Waals surface area contributed by atoms with E-state index >= 15 is 0 Å². The summed E-state index contributed by atoms with van der Waals surface area (Å²) in [5, 5.41) is 10.1. The molecule has 0 bridgehead atoms. The van der Waals surface area contributed by atoms with E-state index in [0.29, 0.717) is 0 Å². The topological polar surface area (TPSA) is 32.7 Å². The first-order valence-corrected chi connectivity index (χ1v) is 6.82. The number of aliphatic hydroxyl groups is 1. The monoisotopic (exact) mass is 249 g/mol. The average Bonchev–Trinajstić information content (AvgIpc) is 2.50. The first-order valence-electron chi connectivity index (χ1n) is 6.82. The molecular weight excluding hydrogens is 226 g/mol. The van der Waals surface area contributed by atoms with Gasteiger partial charge >= 0.3 is 0 Å². The predicted molar refractivity (Wildman–Crippen MR) is 73.9 cm³/mol. The van der Waals surface area contributed by atoms with Gasteiger partial charge in [-0.3, -0.25) is 0 Å². The lowest BCUT2D eigenvalue weighted by molar-refractivity contribution is 0.0840. The SMILES string of the molecule is CC(C)OCCN1CCCC(O)c2ccccc21. The quantitative estimate of drug-likeness (QED) is 0.890. The fourth-order valence-electron chi connectivity index (χ4n) is 2.44. The largest absolute Gasteiger partial charge is 0.388 e. The molecule has 1 aromatic rings. The maximum atomic E-state index is 10.1. The van der Waals surface area contributed by atoms with Gasteiger partial charge in [-0.2, -0.15) is 0 Å². The second-order valence-electron chi connectivity index (χ2n) is 5.12. The van der Waals surface area contributed by atoms with E-state index in [0.717, 1.165) is 43.8 Å². The molecule has 18 heavy (non-hydrogen) atoms. The number of hydrogen-bond donors (Lipinski definition) is 1. The Hall–Kier alpha value is -1.06. The predicted octanol–water partition coefficient (Wildman–Crippen LogP) is 2.75. The number of ether oxygens (including phenoxy) is 1. The normalized spacial score (nSPS) is 19.8. The number of rotatable bonds is 4. The fraction of sp³-hybridized carbons (Fsp3) is 0.600. The van der Waals surface area contributed by atoms with Gasteiger partial charge in [-0.1, -0.05) is 18.2 Å². The third-order valence-corrected chi connectivity index (χ3v) is 3.35. The molecule has 1 atom stereocenters. The van der Waals surface area contributed by atoms with Crippen molar-refractivity contribution in [2.45, 2.75) is 38.9 Å². The van der Waals surface area contributed by atoms with Gasteiger partial charge in [0.25, 0.3) is 0 Å². The van der Waals surface area contributed by atoms with Crippen molar-refractivity contribution in [1.29, 1.82) is 0 Å². The highest BCUT2D eigenvalue weighted by atomic mass is 16.5. The van der Waals surface area contributed by atoms with Gasteiger partial charge in [-0.25, -0.2) is 0 Å². The summed E-state index contributed by atoms with van der Waals surface area (Å²) in [5.41, 5.74) is 2.22. The molecule has 1 N–H and O–H groups in total. The lowest BCUT2D eigenvalue weighted by atomic mass is 10.0. The Balaban J connectivity index is 2.08. The van der Waals surface area contributed by atoms with E-state index in [2.05, 4.69) is 24.8 Å². The van der Waals surface area contributed by atoms with Gasteiger partial charge in [0.1, 0.15) is 0 Å². The molecule has 0 aromatic heterocycles. The van der Waals surface area contributed by atoms with Crippen LogP contribution in [-0.2, 0) is 4.74 Å². The van der Waals surface area contributed by atoms with Crippen molar-refractivity contribution < 1.29 is 9.84 Å². The van der Waals surface area contributed by atoms with Crippen LogP contribution in [0.3, 0.4) is 0 Å². The van der Waals surface area contributed by atoms with Crippen molar-refractivity contribution in [1.82, 2.24) is 0 Å². The molecule has 0 aliphatic carbocycles. The summed E-state index contributed by atoms with van der Waals surface area (Å²) in [7, 11) is 0. The summed E-state index contributed by atoms with van der Waals surface area (Å²) < 4.78 is 5.62. The summed E-state index contributed by atoms with van der Waals surface area (Å²) in [5.74, 6) is 0. The van der Waals surface area contributed by atoms with Crippen molar-refractivity contribution in [2.75, 3.05) is 24.6 Å². The van der Waals surface area contributed by atoms with Crippen LogP contribution < -0.4 is 4.90 Å². The molecule has 0 spiro atoms. The lowest BCUT2D eigenvalue weighted by Gasteiger charge is -2.25. The van der Waals surface area contributed by atoms with Crippen LogP contribution in [0, 0.1) is 0 Å². The third kappa shape index (κ3) is 3.24. The molecule has 2 rings (SSSR count). The van der Waals surface area contributed by atoms with Crippen molar-refractivity contribution in [3.8, 4) is 0 Å². The van der Waals surface area contributed by atoms with Crippen molar-refractivity contribution >= 4 is 5.69 Å². The molecule has 3 nitrogen and oxygen atoms in total. The second-order valence-corrected chi connectivity index (χ2v) is 5.12. The number of para-hydroxylation sites is 1. The minimum Gasteiger partial charge on any atom is -0.388 e. The highest BCUT2D eigenvalue weighted by Gasteiger charge is 2.20. The van der Waals surface area contributed by atoms with Crippen molar-refractivity contribution in [3.05, 3.63) is 29.8 Å². The Morgan fingerprint density at radius 2 is 2.17 bits per heavy atom. The van der Waals surface area contributed by atoms with Crippen LogP contribution >= 0.6 is 0 Å². The number of fused-ring (bicyclic) bond motifs is 1. The molecule has 0 radical (unpaired) electrons.